The van der Waals surface area contributed by atoms with Gasteiger partial charge < -0.3 is 5.32 Å². The largest absolute Gasteiger partial charge is 0.365 e. The molecule has 0 aromatic heterocycles. The molecular weight excluding hydrogens is 258 g/mol. The number of allylic oxidation sites excluding steroid dienone is 2. The number of dihydropyridines is 1. The number of benzene rings is 1. The van der Waals surface area contributed by atoms with Crippen LogP contribution in [0.2, 0.25) is 0 Å². The molecule has 1 N–H and O–H groups in total. The highest BCUT2D eigenvalue weighted by atomic mass is 15.1. The number of piperidine rings is 1. The minimum absolute atomic E-state index is 0.216. The minimum atomic E-state index is -0.216. The van der Waals surface area contributed by atoms with Crippen LogP contribution in [0.25, 0.3) is 0 Å². The van der Waals surface area contributed by atoms with Crippen molar-refractivity contribution < 1.29 is 0 Å². The van der Waals surface area contributed by atoms with Crippen LogP contribution in [0.1, 0.15) is 18.4 Å². The van der Waals surface area contributed by atoms with Crippen LogP contribution in [0.4, 0.5) is 0 Å². The Labute approximate surface area is 126 Å². The molecule has 1 fully saturated rings. The number of hydrogen-bond donors (Lipinski definition) is 1. The van der Waals surface area contributed by atoms with E-state index in [9.17, 15) is 0 Å². The molecule has 1 atom stereocenters. The van der Waals surface area contributed by atoms with Crippen LogP contribution in [0.3, 0.4) is 0 Å². The quantitative estimate of drug-likeness (QED) is 0.924. The lowest BCUT2D eigenvalue weighted by Crippen LogP contribution is -2.34. The van der Waals surface area contributed by atoms with E-state index in [2.05, 4.69) is 58.9 Å². The van der Waals surface area contributed by atoms with Crippen LogP contribution in [-0.2, 0) is 6.54 Å². The first kappa shape index (κ1) is 13.9. The summed E-state index contributed by atoms with van der Waals surface area (Å²) in [6.07, 6.45) is 9.53. The first-order chi connectivity index (χ1) is 10.3. The molecule has 0 amide bonds. The molecule has 0 saturated carbocycles. The fourth-order valence-corrected chi connectivity index (χ4v) is 3.01. The number of nitriles is 1. The number of nitrogens with one attached hydrogen (secondary N) is 1. The van der Waals surface area contributed by atoms with Crippen LogP contribution >= 0.6 is 0 Å². The molecule has 1 aromatic rings. The van der Waals surface area contributed by atoms with Gasteiger partial charge in [0.15, 0.2) is 0 Å². The van der Waals surface area contributed by atoms with E-state index in [1.165, 1.54) is 24.0 Å². The Morgan fingerprint density at radius 1 is 1.24 bits per heavy atom. The number of hydrogen-bond acceptors (Lipinski definition) is 3. The fraction of sp³-hybridized carbons (Fsp3) is 0.389. The molecule has 2 aliphatic heterocycles. The molecule has 1 saturated heterocycles. The summed E-state index contributed by atoms with van der Waals surface area (Å²) in [7, 11) is 0. The second-order valence-corrected chi connectivity index (χ2v) is 5.73. The maximum atomic E-state index is 8.84. The van der Waals surface area contributed by atoms with Crippen LogP contribution < -0.4 is 5.32 Å². The monoisotopic (exact) mass is 278 g/mol. The normalized spacial score (nSPS) is 23.2. The Kier molecular flexibility index (Phi) is 4.37. The predicted octanol–water partition coefficient (Wildman–Crippen LogP) is 2.64. The van der Waals surface area contributed by atoms with Crippen molar-refractivity contribution in [1.29, 1.82) is 5.26 Å². The number of rotatable bonds is 3. The molecular formula is C18H20N3. The molecule has 0 bridgehead atoms. The van der Waals surface area contributed by atoms with Crippen molar-refractivity contribution in [2.24, 2.45) is 5.92 Å². The summed E-state index contributed by atoms with van der Waals surface area (Å²) in [6, 6.07) is 12.6. The third-order valence-corrected chi connectivity index (χ3v) is 4.26. The van der Waals surface area contributed by atoms with E-state index in [1.54, 1.807) is 0 Å². The highest BCUT2D eigenvalue weighted by Gasteiger charge is 2.22. The maximum Gasteiger partial charge on any atom is 0.133 e. The van der Waals surface area contributed by atoms with Gasteiger partial charge in [-0.3, -0.25) is 4.90 Å². The zero-order valence-corrected chi connectivity index (χ0v) is 12.1. The average molecular weight is 278 g/mol. The summed E-state index contributed by atoms with van der Waals surface area (Å²) in [5, 5.41) is 11.9. The molecule has 2 aliphatic rings. The van der Waals surface area contributed by atoms with Crippen LogP contribution in [-0.4, -0.2) is 24.0 Å². The van der Waals surface area contributed by atoms with Crippen molar-refractivity contribution in [3.05, 3.63) is 59.8 Å². The van der Waals surface area contributed by atoms with Gasteiger partial charge >= 0.3 is 0 Å². The molecule has 3 rings (SSSR count). The molecule has 2 heterocycles. The van der Waals surface area contributed by atoms with Gasteiger partial charge in [0.1, 0.15) is 6.04 Å². The van der Waals surface area contributed by atoms with Gasteiger partial charge in [-0.25, -0.2) is 0 Å². The van der Waals surface area contributed by atoms with E-state index in [0.717, 1.165) is 19.6 Å². The number of likely N-dealkylation sites (tertiary alicyclic amines) is 1. The fourth-order valence-electron chi connectivity index (χ4n) is 3.01. The average Bonchev–Trinajstić information content (AvgIpc) is 2.57. The number of nitrogens with zero attached hydrogens (tertiary/aromatic N) is 2. The molecule has 3 heteroatoms. The summed E-state index contributed by atoms with van der Waals surface area (Å²) >= 11 is 0. The topological polar surface area (TPSA) is 39.1 Å². The zero-order chi connectivity index (χ0) is 14.5. The third-order valence-electron chi connectivity index (χ3n) is 4.26. The van der Waals surface area contributed by atoms with E-state index < -0.39 is 0 Å². The molecule has 1 radical (unpaired) electrons. The lowest BCUT2D eigenvalue weighted by atomic mass is 9.88. The predicted molar refractivity (Wildman–Crippen MR) is 82.9 cm³/mol. The van der Waals surface area contributed by atoms with Crippen molar-refractivity contribution in [2.45, 2.75) is 25.4 Å². The van der Waals surface area contributed by atoms with E-state index in [1.807, 2.05) is 6.08 Å². The summed E-state index contributed by atoms with van der Waals surface area (Å²) in [6.45, 7) is 3.29. The standard InChI is InChI=1S/C18H20N3/c19-12-18-7-6-17(13-20-18)16-8-10-21(11-9-16)14-15-4-2-1-3-5-15/h1-7,16,18,20H,8-11,14H2. The van der Waals surface area contributed by atoms with Gasteiger partial charge in [-0.05, 0) is 49.1 Å². The Balaban J connectivity index is 1.51. The summed E-state index contributed by atoms with van der Waals surface area (Å²) in [4.78, 5) is 2.52. The zero-order valence-electron chi connectivity index (χ0n) is 12.1. The summed E-state index contributed by atoms with van der Waals surface area (Å²) in [5.74, 6) is 0.570. The Bertz CT molecular complexity index is 560. The lowest BCUT2D eigenvalue weighted by Gasteiger charge is -2.33. The van der Waals surface area contributed by atoms with Crippen LogP contribution in [0.5, 0.6) is 0 Å². The van der Waals surface area contributed by atoms with Gasteiger partial charge in [-0.1, -0.05) is 36.4 Å². The lowest BCUT2D eigenvalue weighted by molar-refractivity contribution is 0.192. The van der Waals surface area contributed by atoms with Crippen molar-refractivity contribution in [3.63, 3.8) is 0 Å². The molecule has 0 spiro atoms. The Morgan fingerprint density at radius 2 is 2.00 bits per heavy atom. The minimum Gasteiger partial charge on any atom is -0.365 e. The summed E-state index contributed by atoms with van der Waals surface area (Å²) < 4.78 is 0. The van der Waals surface area contributed by atoms with Gasteiger partial charge in [0, 0.05) is 6.54 Å². The molecule has 1 aromatic carbocycles. The first-order valence-electron chi connectivity index (χ1n) is 7.57. The summed E-state index contributed by atoms with van der Waals surface area (Å²) in [5.41, 5.74) is 2.61. The van der Waals surface area contributed by atoms with Crippen molar-refractivity contribution >= 4 is 0 Å². The van der Waals surface area contributed by atoms with Gasteiger partial charge in [-0.15, -0.1) is 0 Å². The third kappa shape index (κ3) is 3.53. The molecule has 1 unspecified atom stereocenters. The molecule has 0 aliphatic carbocycles. The first-order valence-corrected chi connectivity index (χ1v) is 7.57. The Hall–Kier alpha value is -2.05. The SMILES string of the molecule is N#CC1C=CC(C2CCN(Cc3ccccc3)CC2)=[C]N1. The van der Waals surface area contributed by atoms with Crippen molar-refractivity contribution in [3.8, 4) is 6.07 Å². The highest BCUT2D eigenvalue weighted by Crippen LogP contribution is 2.27. The van der Waals surface area contributed by atoms with E-state index in [0.29, 0.717) is 5.92 Å². The van der Waals surface area contributed by atoms with Crippen molar-refractivity contribution in [2.75, 3.05) is 13.1 Å². The van der Waals surface area contributed by atoms with E-state index in [-0.39, 0.29) is 6.04 Å². The molecule has 3 nitrogen and oxygen atoms in total. The Morgan fingerprint density at radius 3 is 2.62 bits per heavy atom. The van der Waals surface area contributed by atoms with Crippen LogP contribution in [0, 0.1) is 23.4 Å². The highest BCUT2D eigenvalue weighted by molar-refractivity contribution is 5.27. The second-order valence-electron chi connectivity index (χ2n) is 5.73. The second kappa shape index (κ2) is 6.60. The van der Waals surface area contributed by atoms with Crippen LogP contribution in [0.15, 0.2) is 48.1 Å². The molecule has 21 heavy (non-hydrogen) atoms. The van der Waals surface area contributed by atoms with Gasteiger partial charge in [0.25, 0.3) is 0 Å². The molecule has 107 valence electrons. The van der Waals surface area contributed by atoms with E-state index >= 15 is 0 Å². The van der Waals surface area contributed by atoms with Crippen molar-refractivity contribution in [1.82, 2.24) is 10.2 Å². The maximum absolute atomic E-state index is 8.84. The van der Waals surface area contributed by atoms with Gasteiger partial charge in [0.2, 0.25) is 0 Å². The smallest absolute Gasteiger partial charge is 0.133 e. The van der Waals surface area contributed by atoms with Gasteiger partial charge in [0.05, 0.1) is 12.3 Å². The van der Waals surface area contributed by atoms with E-state index in [4.69, 9.17) is 5.26 Å². The van der Waals surface area contributed by atoms with Gasteiger partial charge in [-0.2, -0.15) is 5.26 Å².